The van der Waals surface area contributed by atoms with E-state index in [0.717, 1.165) is 6.04 Å². The van der Waals surface area contributed by atoms with Gasteiger partial charge in [-0.2, -0.15) is 0 Å². The molecule has 0 saturated carbocycles. The fraction of sp³-hybridized carbons (Fsp3) is 0.667. The molecule has 2 fully saturated rings. The van der Waals surface area contributed by atoms with E-state index < -0.39 is 0 Å². The van der Waals surface area contributed by atoms with Crippen LogP contribution in [0.1, 0.15) is 37.3 Å². The molecule has 0 radical (unpaired) electrons. The average molecular weight is 245 g/mol. The Morgan fingerprint density at radius 2 is 2.06 bits per heavy atom. The summed E-state index contributed by atoms with van der Waals surface area (Å²) in [5.74, 6) is 0.680. The Labute approximate surface area is 110 Å². The van der Waals surface area contributed by atoms with Gasteiger partial charge in [0.15, 0.2) is 0 Å². The SMILES string of the molecule is c1ccc(C2CCN(C3CCCNC3)CC2)nc1. The van der Waals surface area contributed by atoms with E-state index >= 15 is 0 Å². The lowest BCUT2D eigenvalue weighted by Crippen LogP contribution is -2.48. The molecule has 3 heteroatoms. The maximum Gasteiger partial charge on any atom is 0.0435 e. The highest BCUT2D eigenvalue weighted by molar-refractivity contribution is 5.10. The summed E-state index contributed by atoms with van der Waals surface area (Å²) in [6.45, 7) is 4.89. The van der Waals surface area contributed by atoms with Crippen LogP contribution in [0.5, 0.6) is 0 Å². The first kappa shape index (κ1) is 12.1. The number of hydrogen-bond donors (Lipinski definition) is 1. The highest BCUT2D eigenvalue weighted by Crippen LogP contribution is 2.28. The van der Waals surface area contributed by atoms with Gasteiger partial charge in [-0.25, -0.2) is 0 Å². The van der Waals surface area contributed by atoms with Crippen LogP contribution in [-0.4, -0.2) is 42.1 Å². The van der Waals surface area contributed by atoms with Gasteiger partial charge < -0.3 is 5.32 Å². The van der Waals surface area contributed by atoms with Crippen LogP contribution in [-0.2, 0) is 0 Å². The molecule has 1 aromatic rings. The minimum atomic E-state index is 0.680. The Bertz CT molecular complexity index is 351. The fourth-order valence-electron chi connectivity index (χ4n) is 3.32. The van der Waals surface area contributed by atoms with E-state index in [2.05, 4.69) is 27.3 Å². The van der Waals surface area contributed by atoms with Crippen molar-refractivity contribution >= 4 is 0 Å². The molecule has 18 heavy (non-hydrogen) atoms. The van der Waals surface area contributed by atoms with Crippen LogP contribution in [0.3, 0.4) is 0 Å². The first-order chi connectivity index (χ1) is 8.93. The quantitative estimate of drug-likeness (QED) is 0.864. The summed E-state index contributed by atoms with van der Waals surface area (Å²) in [6.07, 6.45) is 7.18. The summed E-state index contributed by atoms with van der Waals surface area (Å²) < 4.78 is 0. The smallest absolute Gasteiger partial charge is 0.0435 e. The molecule has 3 nitrogen and oxygen atoms in total. The van der Waals surface area contributed by atoms with E-state index in [1.807, 2.05) is 12.3 Å². The van der Waals surface area contributed by atoms with Crippen molar-refractivity contribution in [2.75, 3.05) is 26.2 Å². The van der Waals surface area contributed by atoms with Crippen LogP contribution in [0.2, 0.25) is 0 Å². The molecule has 2 aliphatic rings. The third-order valence-corrected chi connectivity index (χ3v) is 4.42. The Morgan fingerprint density at radius 3 is 2.72 bits per heavy atom. The normalized spacial score (nSPS) is 27.2. The monoisotopic (exact) mass is 245 g/mol. The molecular weight excluding hydrogens is 222 g/mol. The molecule has 0 spiro atoms. The number of piperidine rings is 2. The maximum atomic E-state index is 4.51. The van der Waals surface area contributed by atoms with Gasteiger partial charge in [0, 0.05) is 30.4 Å². The second kappa shape index (κ2) is 5.81. The molecule has 98 valence electrons. The Balaban J connectivity index is 1.54. The van der Waals surface area contributed by atoms with Gasteiger partial charge in [0.2, 0.25) is 0 Å². The Morgan fingerprint density at radius 1 is 1.17 bits per heavy atom. The molecule has 2 aliphatic heterocycles. The molecule has 0 aromatic carbocycles. The van der Waals surface area contributed by atoms with Crippen molar-refractivity contribution < 1.29 is 0 Å². The molecule has 3 rings (SSSR count). The van der Waals surface area contributed by atoms with Crippen molar-refractivity contribution in [1.82, 2.24) is 15.2 Å². The minimum absolute atomic E-state index is 0.680. The third-order valence-electron chi connectivity index (χ3n) is 4.42. The topological polar surface area (TPSA) is 28.2 Å². The zero-order valence-corrected chi connectivity index (χ0v) is 11.0. The van der Waals surface area contributed by atoms with Gasteiger partial charge in [0.05, 0.1) is 0 Å². The number of aromatic nitrogens is 1. The number of nitrogens with one attached hydrogen (secondary N) is 1. The largest absolute Gasteiger partial charge is 0.315 e. The number of hydrogen-bond acceptors (Lipinski definition) is 3. The van der Waals surface area contributed by atoms with Crippen molar-refractivity contribution in [3.05, 3.63) is 30.1 Å². The summed E-state index contributed by atoms with van der Waals surface area (Å²) in [4.78, 5) is 7.20. The second-order valence-electron chi connectivity index (χ2n) is 5.57. The van der Waals surface area contributed by atoms with Crippen LogP contribution in [0, 0.1) is 0 Å². The number of pyridine rings is 1. The summed E-state index contributed by atoms with van der Waals surface area (Å²) in [5.41, 5.74) is 1.29. The van der Waals surface area contributed by atoms with Crippen LogP contribution < -0.4 is 5.32 Å². The first-order valence-electron chi connectivity index (χ1n) is 7.29. The first-order valence-corrected chi connectivity index (χ1v) is 7.29. The van der Waals surface area contributed by atoms with Gasteiger partial charge in [0.25, 0.3) is 0 Å². The van der Waals surface area contributed by atoms with Gasteiger partial charge in [-0.15, -0.1) is 0 Å². The van der Waals surface area contributed by atoms with Crippen molar-refractivity contribution in [2.24, 2.45) is 0 Å². The number of nitrogens with zero attached hydrogens (tertiary/aromatic N) is 2. The lowest BCUT2D eigenvalue weighted by molar-refractivity contribution is 0.129. The van der Waals surface area contributed by atoms with Crippen molar-refractivity contribution in [3.63, 3.8) is 0 Å². The van der Waals surface area contributed by atoms with E-state index in [0.29, 0.717) is 5.92 Å². The molecule has 1 unspecified atom stereocenters. The van der Waals surface area contributed by atoms with Gasteiger partial charge in [0.1, 0.15) is 0 Å². The van der Waals surface area contributed by atoms with Crippen LogP contribution in [0.4, 0.5) is 0 Å². The average Bonchev–Trinajstić information content (AvgIpc) is 2.49. The van der Waals surface area contributed by atoms with E-state index in [1.165, 1.54) is 57.6 Å². The summed E-state index contributed by atoms with van der Waals surface area (Å²) >= 11 is 0. The second-order valence-corrected chi connectivity index (χ2v) is 5.57. The fourth-order valence-corrected chi connectivity index (χ4v) is 3.32. The van der Waals surface area contributed by atoms with Crippen LogP contribution in [0.15, 0.2) is 24.4 Å². The molecular formula is C15H23N3. The third kappa shape index (κ3) is 2.73. The Kier molecular flexibility index (Phi) is 3.91. The summed E-state index contributed by atoms with van der Waals surface area (Å²) in [5, 5.41) is 3.52. The zero-order valence-electron chi connectivity index (χ0n) is 11.0. The molecule has 0 amide bonds. The molecule has 1 atom stereocenters. The molecule has 1 aromatic heterocycles. The zero-order chi connectivity index (χ0) is 12.2. The highest BCUT2D eigenvalue weighted by atomic mass is 15.2. The molecule has 3 heterocycles. The van der Waals surface area contributed by atoms with Crippen LogP contribution >= 0.6 is 0 Å². The predicted molar refractivity (Wildman–Crippen MR) is 73.7 cm³/mol. The van der Waals surface area contributed by atoms with Gasteiger partial charge in [-0.3, -0.25) is 9.88 Å². The minimum Gasteiger partial charge on any atom is -0.315 e. The van der Waals surface area contributed by atoms with Crippen molar-refractivity contribution in [2.45, 2.75) is 37.6 Å². The number of rotatable bonds is 2. The van der Waals surface area contributed by atoms with Gasteiger partial charge in [-0.1, -0.05) is 6.07 Å². The van der Waals surface area contributed by atoms with Crippen LogP contribution in [0.25, 0.3) is 0 Å². The maximum absolute atomic E-state index is 4.51. The highest BCUT2D eigenvalue weighted by Gasteiger charge is 2.26. The van der Waals surface area contributed by atoms with E-state index in [9.17, 15) is 0 Å². The van der Waals surface area contributed by atoms with Gasteiger partial charge in [-0.05, 0) is 57.5 Å². The lowest BCUT2D eigenvalue weighted by atomic mass is 9.91. The number of likely N-dealkylation sites (tertiary alicyclic amines) is 1. The standard InChI is InChI=1S/C15H23N3/c1-2-9-17-15(5-1)13-6-10-18(11-7-13)14-4-3-8-16-12-14/h1-2,5,9,13-14,16H,3-4,6-8,10-12H2. The molecule has 1 N–H and O–H groups in total. The summed E-state index contributed by atoms with van der Waals surface area (Å²) in [6, 6.07) is 7.08. The van der Waals surface area contributed by atoms with Crippen molar-refractivity contribution in [3.8, 4) is 0 Å². The van der Waals surface area contributed by atoms with E-state index in [4.69, 9.17) is 0 Å². The molecule has 2 saturated heterocycles. The lowest BCUT2D eigenvalue weighted by Gasteiger charge is -2.39. The molecule has 0 aliphatic carbocycles. The predicted octanol–water partition coefficient (Wildman–Crippen LogP) is 2.01. The molecule has 0 bridgehead atoms. The van der Waals surface area contributed by atoms with Crippen molar-refractivity contribution in [1.29, 1.82) is 0 Å². The van der Waals surface area contributed by atoms with E-state index in [1.54, 1.807) is 0 Å². The Hall–Kier alpha value is -0.930. The van der Waals surface area contributed by atoms with E-state index in [-0.39, 0.29) is 0 Å². The van der Waals surface area contributed by atoms with Gasteiger partial charge >= 0.3 is 0 Å². The summed E-state index contributed by atoms with van der Waals surface area (Å²) in [7, 11) is 0.